The Morgan fingerprint density at radius 3 is 2.43 bits per heavy atom. The van der Waals surface area contributed by atoms with E-state index in [1.807, 2.05) is 0 Å². The Hall–Kier alpha value is -0.0800. The summed E-state index contributed by atoms with van der Waals surface area (Å²) in [5, 5.41) is 8.23. The molecule has 0 saturated carbocycles. The zero-order chi connectivity index (χ0) is 5.91. The standard InChI is InChI=1S/C4H7ClO2/c1-4(5,2-6)3-7/h2,7H,3H2,1H3. The maximum absolute atomic E-state index is 9.77. The first-order valence-electron chi connectivity index (χ1n) is 1.88. The van der Waals surface area contributed by atoms with Crippen LogP contribution in [0.5, 0.6) is 0 Å². The molecule has 1 atom stereocenters. The van der Waals surface area contributed by atoms with Crippen molar-refractivity contribution >= 4 is 17.9 Å². The predicted octanol–water partition coefficient (Wildman–Crippen LogP) is 0.175. The van der Waals surface area contributed by atoms with Crippen LogP contribution in [0.3, 0.4) is 0 Å². The van der Waals surface area contributed by atoms with Crippen LogP contribution in [0.15, 0.2) is 0 Å². The molecular weight excluding hydrogens is 115 g/mol. The summed E-state index contributed by atoms with van der Waals surface area (Å²) in [6.45, 7) is 1.14. The van der Waals surface area contributed by atoms with E-state index >= 15 is 0 Å². The molecular formula is C4H7ClO2. The van der Waals surface area contributed by atoms with Gasteiger partial charge in [-0.25, -0.2) is 0 Å². The first kappa shape index (κ1) is 6.92. The molecule has 2 nitrogen and oxygen atoms in total. The number of aliphatic hydroxyl groups excluding tert-OH is 1. The number of carbonyl (C=O) groups excluding carboxylic acids is 1. The third-order valence-electron chi connectivity index (χ3n) is 0.555. The highest BCUT2D eigenvalue weighted by molar-refractivity contribution is 6.31. The Labute approximate surface area is 47.1 Å². The Morgan fingerprint density at radius 1 is 2.00 bits per heavy atom. The van der Waals surface area contributed by atoms with Crippen molar-refractivity contribution in [3.63, 3.8) is 0 Å². The number of aldehydes is 1. The van der Waals surface area contributed by atoms with E-state index in [0.717, 1.165) is 0 Å². The highest BCUT2D eigenvalue weighted by Gasteiger charge is 2.16. The van der Waals surface area contributed by atoms with Gasteiger partial charge in [-0.1, -0.05) is 0 Å². The summed E-state index contributed by atoms with van der Waals surface area (Å²) < 4.78 is 0. The molecule has 0 radical (unpaired) electrons. The van der Waals surface area contributed by atoms with E-state index in [0.29, 0.717) is 6.29 Å². The van der Waals surface area contributed by atoms with Gasteiger partial charge in [-0.2, -0.15) is 0 Å². The quantitative estimate of drug-likeness (QED) is 0.419. The summed E-state index contributed by atoms with van der Waals surface area (Å²) in [6.07, 6.45) is 0.508. The summed E-state index contributed by atoms with van der Waals surface area (Å²) in [5.41, 5.74) is 0. The van der Waals surface area contributed by atoms with Gasteiger partial charge in [0, 0.05) is 0 Å². The van der Waals surface area contributed by atoms with Gasteiger partial charge in [0.05, 0.1) is 6.61 Å². The lowest BCUT2D eigenvalue weighted by molar-refractivity contribution is -0.110. The van der Waals surface area contributed by atoms with Crippen LogP contribution in [0.4, 0.5) is 0 Å². The molecule has 0 bridgehead atoms. The first-order valence-corrected chi connectivity index (χ1v) is 2.26. The van der Waals surface area contributed by atoms with E-state index in [2.05, 4.69) is 0 Å². The third-order valence-corrected chi connectivity index (χ3v) is 0.764. The van der Waals surface area contributed by atoms with E-state index in [1.54, 1.807) is 0 Å². The van der Waals surface area contributed by atoms with Gasteiger partial charge in [-0.3, -0.25) is 0 Å². The number of halogens is 1. The van der Waals surface area contributed by atoms with Crippen LogP contribution in [0, 0.1) is 0 Å². The topological polar surface area (TPSA) is 37.3 Å². The summed E-state index contributed by atoms with van der Waals surface area (Å²) in [5.74, 6) is 0. The van der Waals surface area contributed by atoms with Gasteiger partial charge in [0.2, 0.25) is 0 Å². The SMILES string of the molecule is CC(Cl)(C=O)CO. The van der Waals surface area contributed by atoms with Crippen molar-refractivity contribution in [1.29, 1.82) is 0 Å². The second kappa shape index (κ2) is 2.28. The van der Waals surface area contributed by atoms with Crippen molar-refractivity contribution in [3.05, 3.63) is 0 Å². The molecule has 0 saturated heterocycles. The first-order chi connectivity index (χ1) is 3.12. The van der Waals surface area contributed by atoms with Gasteiger partial charge in [-0.15, -0.1) is 11.6 Å². The molecule has 0 aliphatic rings. The molecule has 0 spiro atoms. The van der Waals surface area contributed by atoms with Crippen LogP contribution < -0.4 is 0 Å². The Balaban J connectivity index is 3.58. The molecule has 0 aromatic rings. The molecule has 0 aromatic heterocycles. The largest absolute Gasteiger partial charge is 0.394 e. The van der Waals surface area contributed by atoms with E-state index in [-0.39, 0.29) is 6.61 Å². The minimum atomic E-state index is -1.07. The molecule has 0 amide bonds. The van der Waals surface area contributed by atoms with Gasteiger partial charge >= 0.3 is 0 Å². The number of alkyl halides is 1. The van der Waals surface area contributed by atoms with E-state index < -0.39 is 4.87 Å². The predicted molar refractivity (Wildman–Crippen MR) is 27.4 cm³/mol. The maximum Gasteiger partial charge on any atom is 0.142 e. The number of aliphatic hydroxyl groups is 1. The molecule has 1 N–H and O–H groups in total. The van der Waals surface area contributed by atoms with Crippen molar-refractivity contribution in [3.8, 4) is 0 Å². The van der Waals surface area contributed by atoms with Gasteiger partial charge in [-0.05, 0) is 6.92 Å². The number of carbonyl (C=O) groups is 1. The van der Waals surface area contributed by atoms with Crippen LogP contribution in [-0.2, 0) is 4.79 Å². The van der Waals surface area contributed by atoms with Crippen molar-refractivity contribution in [2.24, 2.45) is 0 Å². The second-order valence-electron chi connectivity index (χ2n) is 1.55. The summed E-state index contributed by atoms with van der Waals surface area (Å²) in [7, 11) is 0. The Morgan fingerprint density at radius 2 is 2.43 bits per heavy atom. The van der Waals surface area contributed by atoms with Gasteiger partial charge < -0.3 is 9.90 Å². The summed E-state index contributed by atoms with van der Waals surface area (Å²) in [6, 6.07) is 0. The smallest absolute Gasteiger partial charge is 0.142 e. The summed E-state index contributed by atoms with van der Waals surface area (Å²) >= 11 is 5.29. The molecule has 1 unspecified atom stereocenters. The van der Waals surface area contributed by atoms with Crippen molar-refractivity contribution in [2.75, 3.05) is 6.61 Å². The number of rotatable bonds is 2. The van der Waals surface area contributed by atoms with Crippen molar-refractivity contribution in [2.45, 2.75) is 11.8 Å². The normalized spacial score (nSPS) is 18.1. The highest BCUT2D eigenvalue weighted by Crippen LogP contribution is 2.06. The van der Waals surface area contributed by atoms with Crippen molar-refractivity contribution in [1.82, 2.24) is 0 Å². The summed E-state index contributed by atoms with van der Waals surface area (Å²) in [4.78, 5) is 8.70. The van der Waals surface area contributed by atoms with Gasteiger partial charge in [0.1, 0.15) is 11.2 Å². The fourth-order valence-electron chi connectivity index (χ4n) is 0.0373. The fourth-order valence-corrected chi connectivity index (χ4v) is 0.0373. The van der Waals surface area contributed by atoms with Crippen LogP contribution in [0.25, 0.3) is 0 Å². The van der Waals surface area contributed by atoms with Crippen LogP contribution in [0.1, 0.15) is 6.92 Å². The number of hydrogen-bond acceptors (Lipinski definition) is 2. The zero-order valence-corrected chi connectivity index (χ0v) is 4.77. The molecule has 0 heterocycles. The molecule has 42 valence electrons. The molecule has 0 aliphatic heterocycles. The van der Waals surface area contributed by atoms with Crippen molar-refractivity contribution < 1.29 is 9.90 Å². The zero-order valence-electron chi connectivity index (χ0n) is 4.02. The average molecular weight is 123 g/mol. The minimum Gasteiger partial charge on any atom is -0.394 e. The van der Waals surface area contributed by atoms with E-state index in [1.165, 1.54) is 6.92 Å². The lowest BCUT2D eigenvalue weighted by atomic mass is 10.2. The van der Waals surface area contributed by atoms with Crippen LogP contribution in [-0.4, -0.2) is 22.9 Å². The van der Waals surface area contributed by atoms with E-state index in [4.69, 9.17) is 16.7 Å². The molecule has 7 heavy (non-hydrogen) atoms. The highest BCUT2D eigenvalue weighted by atomic mass is 35.5. The Kier molecular flexibility index (Phi) is 2.26. The van der Waals surface area contributed by atoms with E-state index in [9.17, 15) is 4.79 Å². The number of hydrogen-bond donors (Lipinski definition) is 1. The molecule has 0 aliphatic carbocycles. The Bertz CT molecular complexity index is 70.1. The molecule has 0 aromatic carbocycles. The van der Waals surface area contributed by atoms with Gasteiger partial charge in [0.25, 0.3) is 0 Å². The monoisotopic (exact) mass is 122 g/mol. The van der Waals surface area contributed by atoms with Crippen LogP contribution in [0.2, 0.25) is 0 Å². The third kappa shape index (κ3) is 2.60. The van der Waals surface area contributed by atoms with Gasteiger partial charge in [0.15, 0.2) is 0 Å². The minimum absolute atomic E-state index is 0.307. The second-order valence-corrected chi connectivity index (χ2v) is 2.42. The fraction of sp³-hybridized carbons (Fsp3) is 0.750. The molecule has 0 rings (SSSR count). The lowest BCUT2D eigenvalue weighted by Gasteiger charge is -2.06. The molecule has 0 fully saturated rings. The lowest BCUT2D eigenvalue weighted by Crippen LogP contribution is -2.22. The average Bonchev–Trinajstić information content (AvgIpc) is 1.68. The van der Waals surface area contributed by atoms with Crippen LogP contribution >= 0.6 is 11.6 Å². The maximum atomic E-state index is 9.77. The molecule has 3 heteroatoms.